The molecule has 1 aliphatic carbocycles. The number of thiophene rings is 1. The smallest absolute Gasteiger partial charge is 0.379 e. The number of hydrogen-bond acceptors (Lipinski definition) is 5. The average Bonchev–Trinajstić information content (AvgIpc) is 3.16. The summed E-state index contributed by atoms with van der Waals surface area (Å²) < 4.78 is 43.0. The molecule has 0 aromatic carbocycles. The predicted molar refractivity (Wildman–Crippen MR) is 95.2 cm³/mol. The molecule has 0 atom stereocenters. The van der Waals surface area contributed by atoms with Crippen LogP contribution in [0.15, 0.2) is 12.1 Å². The normalized spacial score (nSPS) is 21.0. The number of carbonyl (C=O) groups excluding carboxylic acids is 2. The molecule has 5 nitrogen and oxygen atoms in total. The van der Waals surface area contributed by atoms with E-state index in [1.807, 2.05) is 0 Å². The van der Waals surface area contributed by atoms with Crippen molar-refractivity contribution in [3.8, 4) is 0 Å². The van der Waals surface area contributed by atoms with Gasteiger partial charge < -0.3 is 10.1 Å². The van der Waals surface area contributed by atoms with E-state index < -0.39 is 22.7 Å². The number of morpholine rings is 1. The number of amides is 1. The van der Waals surface area contributed by atoms with Crippen LogP contribution in [-0.4, -0.2) is 61.2 Å². The Kier molecular flexibility index (Phi) is 6.22. The standard InChI is InChI=1S/C18H23F3N2O3S/c19-18(20,21)15(24)13-4-5-14(27-13)16(25)22-12-17(6-2-1-3-7-17)23-8-10-26-11-9-23/h4-5H,1-3,6-12H2,(H,22,25). The predicted octanol–water partition coefficient (Wildman–Crippen LogP) is 3.26. The van der Waals surface area contributed by atoms with Crippen LogP contribution in [0.3, 0.4) is 0 Å². The largest absolute Gasteiger partial charge is 0.455 e. The maximum Gasteiger partial charge on any atom is 0.455 e. The Morgan fingerprint density at radius 1 is 1.11 bits per heavy atom. The summed E-state index contributed by atoms with van der Waals surface area (Å²) in [5, 5.41) is 2.89. The summed E-state index contributed by atoms with van der Waals surface area (Å²) in [6, 6.07) is 2.34. The van der Waals surface area contributed by atoms with E-state index in [4.69, 9.17) is 4.74 Å². The fourth-order valence-electron chi connectivity index (χ4n) is 3.91. The number of nitrogens with zero attached hydrogens (tertiary/aromatic N) is 1. The molecule has 0 unspecified atom stereocenters. The van der Waals surface area contributed by atoms with E-state index >= 15 is 0 Å². The van der Waals surface area contributed by atoms with Crippen LogP contribution in [0, 0.1) is 0 Å². The number of ether oxygens (including phenoxy) is 1. The molecule has 2 heterocycles. The molecule has 0 bridgehead atoms. The van der Waals surface area contributed by atoms with Gasteiger partial charge >= 0.3 is 6.18 Å². The van der Waals surface area contributed by atoms with Gasteiger partial charge in [-0.3, -0.25) is 14.5 Å². The first-order valence-electron chi connectivity index (χ1n) is 9.14. The maximum atomic E-state index is 12.5. The van der Waals surface area contributed by atoms with Gasteiger partial charge in [0.1, 0.15) is 0 Å². The van der Waals surface area contributed by atoms with Gasteiger partial charge in [0.2, 0.25) is 0 Å². The molecule has 2 aliphatic rings. The zero-order valence-electron chi connectivity index (χ0n) is 14.9. The number of nitrogens with one attached hydrogen (secondary N) is 1. The highest BCUT2D eigenvalue weighted by molar-refractivity contribution is 7.16. The summed E-state index contributed by atoms with van der Waals surface area (Å²) in [4.78, 5) is 25.8. The first-order chi connectivity index (χ1) is 12.8. The summed E-state index contributed by atoms with van der Waals surface area (Å²) in [7, 11) is 0. The summed E-state index contributed by atoms with van der Waals surface area (Å²) in [5.74, 6) is -2.34. The number of hydrogen-bond donors (Lipinski definition) is 1. The Morgan fingerprint density at radius 2 is 1.74 bits per heavy atom. The molecule has 0 spiro atoms. The van der Waals surface area contributed by atoms with Crippen molar-refractivity contribution in [2.24, 2.45) is 0 Å². The lowest BCUT2D eigenvalue weighted by atomic mass is 9.79. The molecule has 1 aromatic rings. The fraction of sp³-hybridized carbons (Fsp3) is 0.667. The number of ketones is 1. The number of halogens is 3. The van der Waals surface area contributed by atoms with Crippen molar-refractivity contribution in [1.29, 1.82) is 0 Å². The number of rotatable bonds is 5. The van der Waals surface area contributed by atoms with Crippen LogP contribution in [-0.2, 0) is 4.74 Å². The lowest BCUT2D eigenvalue weighted by Gasteiger charge is -2.48. The average molecular weight is 404 g/mol. The van der Waals surface area contributed by atoms with Crippen LogP contribution in [0.1, 0.15) is 51.4 Å². The molecular weight excluding hydrogens is 381 g/mol. The SMILES string of the molecule is O=C(NCC1(N2CCOCC2)CCCCC1)c1ccc(C(=O)C(F)(F)F)s1. The Hall–Kier alpha value is -1.45. The second kappa shape index (κ2) is 8.28. The Morgan fingerprint density at radius 3 is 2.37 bits per heavy atom. The van der Waals surface area contributed by atoms with Gasteiger partial charge in [0.05, 0.1) is 23.0 Å². The highest BCUT2D eigenvalue weighted by Crippen LogP contribution is 2.34. The quantitative estimate of drug-likeness (QED) is 0.766. The summed E-state index contributed by atoms with van der Waals surface area (Å²) in [5.41, 5.74) is -0.125. The zero-order valence-corrected chi connectivity index (χ0v) is 15.8. The number of alkyl halides is 3. The molecule has 1 aliphatic heterocycles. The van der Waals surface area contributed by atoms with E-state index in [-0.39, 0.29) is 10.4 Å². The van der Waals surface area contributed by atoms with Crippen molar-refractivity contribution in [1.82, 2.24) is 10.2 Å². The van der Waals surface area contributed by atoms with Gasteiger partial charge in [-0.1, -0.05) is 19.3 Å². The molecule has 2 fully saturated rings. The fourth-order valence-corrected chi connectivity index (χ4v) is 4.79. The van der Waals surface area contributed by atoms with E-state index in [9.17, 15) is 22.8 Å². The van der Waals surface area contributed by atoms with E-state index in [2.05, 4.69) is 10.2 Å². The Labute approximate surface area is 159 Å². The number of carbonyl (C=O) groups is 2. The first-order valence-corrected chi connectivity index (χ1v) is 9.96. The molecule has 1 N–H and O–H groups in total. The molecule has 1 saturated carbocycles. The van der Waals surface area contributed by atoms with Gasteiger partial charge in [0.15, 0.2) is 0 Å². The van der Waals surface area contributed by atoms with Crippen LogP contribution in [0.5, 0.6) is 0 Å². The Balaban J connectivity index is 1.66. The molecule has 0 radical (unpaired) electrons. The van der Waals surface area contributed by atoms with Crippen molar-refractivity contribution >= 4 is 23.0 Å². The van der Waals surface area contributed by atoms with Gasteiger partial charge in [-0.05, 0) is 25.0 Å². The minimum absolute atomic E-state index is 0.121. The van der Waals surface area contributed by atoms with Gasteiger partial charge in [-0.15, -0.1) is 11.3 Å². The minimum Gasteiger partial charge on any atom is -0.379 e. The van der Waals surface area contributed by atoms with Crippen molar-refractivity contribution in [2.75, 3.05) is 32.8 Å². The molecule has 150 valence electrons. The summed E-state index contributed by atoms with van der Waals surface area (Å²) >= 11 is 0.582. The maximum absolute atomic E-state index is 12.5. The third-order valence-corrected chi connectivity index (χ3v) is 6.44. The van der Waals surface area contributed by atoms with Crippen molar-refractivity contribution in [2.45, 2.75) is 43.8 Å². The molecule has 1 saturated heterocycles. The van der Waals surface area contributed by atoms with E-state index in [1.165, 1.54) is 12.5 Å². The molecular formula is C18H23F3N2O3S. The molecule has 1 aromatic heterocycles. The van der Waals surface area contributed by atoms with Gasteiger partial charge in [-0.2, -0.15) is 13.2 Å². The van der Waals surface area contributed by atoms with Crippen LogP contribution < -0.4 is 5.32 Å². The highest BCUT2D eigenvalue weighted by atomic mass is 32.1. The zero-order chi connectivity index (χ0) is 19.5. The second-order valence-corrected chi connectivity index (χ2v) is 8.14. The molecule has 9 heteroatoms. The minimum atomic E-state index is -4.93. The second-order valence-electron chi connectivity index (χ2n) is 7.06. The van der Waals surface area contributed by atoms with Crippen molar-refractivity contribution < 1.29 is 27.5 Å². The van der Waals surface area contributed by atoms with Crippen LogP contribution in [0.25, 0.3) is 0 Å². The van der Waals surface area contributed by atoms with Crippen molar-refractivity contribution in [3.05, 3.63) is 21.9 Å². The highest BCUT2D eigenvalue weighted by Gasteiger charge is 2.41. The lowest BCUT2D eigenvalue weighted by molar-refractivity contribution is -0.0882. The number of Topliss-reactive ketones (excluding diaryl/α,β-unsaturated/α-hetero) is 1. The topological polar surface area (TPSA) is 58.6 Å². The van der Waals surface area contributed by atoms with Gasteiger partial charge in [-0.25, -0.2) is 0 Å². The third kappa shape index (κ3) is 4.70. The van der Waals surface area contributed by atoms with E-state index in [0.29, 0.717) is 31.1 Å². The molecule has 27 heavy (non-hydrogen) atoms. The van der Waals surface area contributed by atoms with Crippen LogP contribution >= 0.6 is 11.3 Å². The first kappa shape index (κ1) is 20.3. The summed E-state index contributed by atoms with van der Waals surface area (Å²) in [6.45, 7) is 3.43. The molecule has 3 rings (SSSR count). The van der Waals surface area contributed by atoms with Crippen LogP contribution in [0.2, 0.25) is 0 Å². The third-order valence-electron chi connectivity index (χ3n) is 5.36. The molecule has 1 amide bonds. The van der Waals surface area contributed by atoms with Gasteiger partial charge in [0, 0.05) is 25.2 Å². The Bertz CT molecular complexity index is 678. The van der Waals surface area contributed by atoms with Crippen LogP contribution in [0.4, 0.5) is 13.2 Å². The monoisotopic (exact) mass is 404 g/mol. The lowest BCUT2D eigenvalue weighted by Crippen LogP contribution is -2.59. The summed E-state index contributed by atoms with van der Waals surface area (Å²) in [6.07, 6.45) is 0.396. The van der Waals surface area contributed by atoms with Gasteiger partial charge in [0.25, 0.3) is 11.7 Å². The van der Waals surface area contributed by atoms with Crippen molar-refractivity contribution in [3.63, 3.8) is 0 Å². The van der Waals surface area contributed by atoms with E-state index in [0.717, 1.165) is 44.8 Å². The van der Waals surface area contributed by atoms with E-state index in [1.54, 1.807) is 0 Å².